The summed E-state index contributed by atoms with van der Waals surface area (Å²) in [7, 11) is 0. The van der Waals surface area contributed by atoms with Crippen LogP contribution in [0.4, 0.5) is 5.82 Å². The van der Waals surface area contributed by atoms with Crippen LogP contribution in [0.25, 0.3) is 0 Å². The minimum atomic E-state index is -0.111. The molecule has 0 radical (unpaired) electrons. The summed E-state index contributed by atoms with van der Waals surface area (Å²) in [6, 6.07) is 2.35. The molecule has 0 bridgehead atoms. The molecule has 0 aliphatic carbocycles. The summed E-state index contributed by atoms with van der Waals surface area (Å²) >= 11 is 0. The van der Waals surface area contributed by atoms with Crippen LogP contribution in [-0.2, 0) is 0 Å². The summed E-state index contributed by atoms with van der Waals surface area (Å²) < 4.78 is 0. The van der Waals surface area contributed by atoms with Gasteiger partial charge in [0.1, 0.15) is 17.8 Å². The smallest absolute Gasteiger partial charge is 0.270 e. The van der Waals surface area contributed by atoms with E-state index < -0.39 is 0 Å². The van der Waals surface area contributed by atoms with Crippen LogP contribution in [0.2, 0.25) is 0 Å². The fraction of sp³-hybridized carbons (Fsp3) is 0.667. The summed E-state index contributed by atoms with van der Waals surface area (Å²) in [5, 5.41) is 2.86. The summed E-state index contributed by atoms with van der Waals surface area (Å²) in [6.07, 6.45) is 7.21. The van der Waals surface area contributed by atoms with Crippen LogP contribution in [0.1, 0.15) is 56.4 Å². The lowest BCUT2D eigenvalue weighted by atomic mass is 10.00. The first-order valence-corrected chi connectivity index (χ1v) is 7.63. The lowest BCUT2D eigenvalue weighted by molar-refractivity contribution is 0.0948. The van der Waals surface area contributed by atoms with Crippen LogP contribution in [0.15, 0.2) is 12.4 Å². The zero-order chi connectivity index (χ0) is 14.4. The molecule has 1 saturated heterocycles. The van der Waals surface area contributed by atoms with Gasteiger partial charge in [-0.15, -0.1) is 0 Å². The number of aromatic nitrogens is 2. The van der Waals surface area contributed by atoms with Crippen molar-refractivity contribution in [1.82, 2.24) is 15.3 Å². The van der Waals surface area contributed by atoms with Gasteiger partial charge in [0.05, 0.1) is 0 Å². The predicted molar refractivity (Wildman–Crippen MR) is 79.9 cm³/mol. The van der Waals surface area contributed by atoms with E-state index in [0.29, 0.717) is 18.3 Å². The molecule has 1 aliphatic rings. The van der Waals surface area contributed by atoms with Crippen LogP contribution in [0.5, 0.6) is 0 Å². The number of carbonyl (C=O) groups excluding carboxylic acids is 1. The van der Waals surface area contributed by atoms with Gasteiger partial charge >= 0.3 is 0 Å². The monoisotopic (exact) mass is 276 g/mol. The van der Waals surface area contributed by atoms with Crippen molar-refractivity contribution >= 4 is 11.7 Å². The highest BCUT2D eigenvalue weighted by Gasteiger charge is 2.22. The Bertz CT molecular complexity index is 449. The normalized spacial score (nSPS) is 18.9. The number of carbonyl (C=O) groups is 1. The SMILES string of the molecule is CCCNC(=O)c1cc(N2CCCCC2CC)ncn1. The van der Waals surface area contributed by atoms with Gasteiger partial charge < -0.3 is 10.2 Å². The third-order valence-corrected chi connectivity index (χ3v) is 3.81. The molecule has 2 heterocycles. The molecule has 1 fully saturated rings. The van der Waals surface area contributed by atoms with Crippen LogP contribution in [0.3, 0.4) is 0 Å². The number of piperidine rings is 1. The molecular formula is C15H24N4O. The molecule has 2 rings (SSSR count). The zero-order valence-electron chi connectivity index (χ0n) is 12.4. The van der Waals surface area contributed by atoms with Gasteiger partial charge in [0.2, 0.25) is 0 Å². The fourth-order valence-electron chi connectivity index (χ4n) is 2.68. The van der Waals surface area contributed by atoms with Crippen molar-refractivity contribution in [2.24, 2.45) is 0 Å². The van der Waals surface area contributed by atoms with E-state index in [2.05, 4.69) is 27.1 Å². The van der Waals surface area contributed by atoms with Gasteiger partial charge in [-0.25, -0.2) is 9.97 Å². The molecule has 1 aromatic rings. The highest BCUT2D eigenvalue weighted by molar-refractivity contribution is 5.92. The van der Waals surface area contributed by atoms with Crippen molar-refractivity contribution in [3.05, 3.63) is 18.1 Å². The van der Waals surface area contributed by atoms with Gasteiger partial charge in [-0.2, -0.15) is 0 Å². The van der Waals surface area contributed by atoms with Gasteiger partial charge in [-0.1, -0.05) is 13.8 Å². The molecule has 0 saturated carbocycles. The van der Waals surface area contributed by atoms with Crippen LogP contribution >= 0.6 is 0 Å². The van der Waals surface area contributed by atoms with Crippen molar-refractivity contribution in [2.45, 2.75) is 52.0 Å². The van der Waals surface area contributed by atoms with E-state index in [1.54, 1.807) is 0 Å². The van der Waals surface area contributed by atoms with E-state index in [1.165, 1.54) is 25.6 Å². The topological polar surface area (TPSA) is 58.1 Å². The lowest BCUT2D eigenvalue weighted by Gasteiger charge is -2.36. The molecule has 1 atom stereocenters. The van der Waals surface area contributed by atoms with Crippen molar-refractivity contribution in [3.8, 4) is 0 Å². The van der Waals surface area contributed by atoms with E-state index in [0.717, 1.165) is 25.2 Å². The first kappa shape index (κ1) is 14.8. The van der Waals surface area contributed by atoms with E-state index in [9.17, 15) is 4.79 Å². The molecule has 1 aliphatic heterocycles. The Kier molecular flexibility index (Phi) is 5.32. The molecule has 1 N–H and O–H groups in total. The molecule has 1 amide bonds. The number of hydrogen-bond donors (Lipinski definition) is 1. The second kappa shape index (κ2) is 7.22. The van der Waals surface area contributed by atoms with Crippen molar-refractivity contribution in [2.75, 3.05) is 18.0 Å². The number of anilines is 1. The summed E-state index contributed by atoms with van der Waals surface area (Å²) in [5.41, 5.74) is 0.462. The Labute approximate surface area is 120 Å². The highest BCUT2D eigenvalue weighted by Crippen LogP contribution is 2.24. The molecule has 1 unspecified atom stereocenters. The van der Waals surface area contributed by atoms with Gasteiger partial charge in [0, 0.05) is 25.2 Å². The van der Waals surface area contributed by atoms with Crippen molar-refractivity contribution in [3.63, 3.8) is 0 Å². The molecule has 0 spiro atoms. The quantitative estimate of drug-likeness (QED) is 0.897. The summed E-state index contributed by atoms with van der Waals surface area (Å²) in [6.45, 7) is 5.94. The third-order valence-electron chi connectivity index (χ3n) is 3.81. The number of rotatable bonds is 5. The minimum absolute atomic E-state index is 0.111. The van der Waals surface area contributed by atoms with E-state index in [-0.39, 0.29) is 5.91 Å². The average Bonchev–Trinajstić information content (AvgIpc) is 2.52. The maximum atomic E-state index is 12.0. The number of amides is 1. The number of hydrogen-bond acceptors (Lipinski definition) is 4. The first-order valence-electron chi connectivity index (χ1n) is 7.63. The van der Waals surface area contributed by atoms with Crippen LogP contribution in [-0.4, -0.2) is 35.0 Å². The maximum Gasteiger partial charge on any atom is 0.270 e. The van der Waals surface area contributed by atoms with E-state index in [1.807, 2.05) is 13.0 Å². The maximum absolute atomic E-state index is 12.0. The molecule has 110 valence electrons. The Hall–Kier alpha value is -1.65. The number of nitrogens with one attached hydrogen (secondary N) is 1. The van der Waals surface area contributed by atoms with Gasteiger partial charge in [-0.3, -0.25) is 4.79 Å². The highest BCUT2D eigenvalue weighted by atomic mass is 16.1. The Balaban J connectivity index is 2.14. The molecule has 20 heavy (non-hydrogen) atoms. The lowest BCUT2D eigenvalue weighted by Crippen LogP contribution is -2.40. The van der Waals surface area contributed by atoms with Crippen molar-refractivity contribution < 1.29 is 4.79 Å². The molecular weight excluding hydrogens is 252 g/mol. The molecule has 1 aromatic heterocycles. The van der Waals surface area contributed by atoms with Crippen molar-refractivity contribution in [1.29, 1.82) is 0 Å². The summed E-state index contributed by atoms with van der Waals surface area (Å²) in [4.78, 5) is 22.7. The predicted octanol–water partition coefficient (Wildman–Crippen LogP) is 2.39. The minimum Gasteiger partial charge on any atom is -0.354 e. The van der Waals surface area contributed by atoms with E-state index >= 15 is 0 Å². The Morgan fingerprint density at radius 2 is 2.25 bits per heavy atom. The Morgan fingerprint density at radius 1 is 1.40 bits per heavy atom. The van der Waals surface area contributed by atoms with Gasteiger partial charge in [-0.05, 0) is 32.1 Å². The average molecular weight is 276 g/mol. The van der Waals surface area contributed by atoms with Gasteiger partial charge in [0.15, 0.2) is 0 Å². The third kappa shape index (κ3) is 3.46. The zero-order valence-corrected chi connectivity index (χ0v) is 12.4. The number of nitrogens with zero attached hydrogens (tertiary/aromatic N) is 3. The van der Waals surface area contributed by atoms with E-state index in [4.69, 9.17) is 0 Å². The van der Waals surface area contributed by atoms with Crippen LogP contribution in [0, 0.1) is 0 Å². The second-order valence-electron chi connectivity index (χ2n) is 5.27. The summed E-state index contributed by atoms with van der Waals surface area (Å²) in [5.74, 6) is 0.772. The van der Waals surface area contributed by atoms with Gasteiger partial charge in [0.25, 0.3) is 5.91 Å². The molecule has 5 nitrogen and oxygen atoms in total. The standard InChI is InChI=1S/C15H24N4O/c1-3-8-16-15(20)13-10-14(18-11-17-13)19-9-6-5-7-12(19)4-2/h10-12H,3-9H2,1-2H3,(H,16,20). The molecule has 0 aromatic carbocycles. The fourth-order valence-corrected chi connectivity index (χ4v) is 2.68. The second-order valence-corrected chi connectivity index (χ2v) is 5.27. The molecule has 5 heteroatoms. The van der Waals surface area contributed by atoms with Crippen LogP contribution < -0.4 is 10.2 Å². The first-order chi connectivity index (χ1) is 9.76. The largest absolute Gasteiger partial charge is 0.354 e. The Morgan fingerprint density at radius 3 is 3.00 bits per heavy atom.